The maximum Gasteiger partial charge on any atom is 0.150 e. The highest BCUT2D eigenvalue weighted by Crippen LogP contribution is 2.29. The van der Waals surface area contributed by atoms with E-state index in [-0.39, 0.29) is 22.8 Å². The highest BCUT2D eigenvalue weighted by Gasteiger charge is 2.21. The Morgan fingerprint density at radius 2 is 2.06 bits per heavy atom. The number of anilines is 1. The minimum absolute atomic E-state index is 0.0710. The van der Waals surface area contributed by atoms with Crippen LogP contribution in [0.5, 0.6) is 0 Å². The Bertz CT molecular complexity index is 388. The first-order valence-corrected chi connectivity index (χ1v) is 6.10. The Labute approximate surface area is 104 Å². The molecule has 2 nitrogen and oxygen atoms in total. The van der Waals surface area contributed by atoms with Crippen molar-refractivity contribution in [1.82, 2.24) is 0 Å². The number of nitrogens with one attached hydrogen (secondary N) is 1. The van der Waals surface area contributed by atoms with Gasteiger partial charge in [0.2, 0.25) is 0 Å². The van der Waals surface area contributed by atoms with E-state index in [1.165, 1.54) is 0 Å². The summed E-state index contributed by atoms with van der Waals surface area (Å²) in [6.45, 7) is 0. The van der Waals surface area contributed by atoms with Gasteiger partial charge in [-0.05, 0) is 31.7 Å². The molecule has 2 unspecified atom stereocenters. The van der Waals surface area contributed by atoms with Crippen molar-refractivity contribution < 1.29 is 8.78 Å². The molecule has 0 aliphatic heterocycles. The van der Waals surface area contributed by atoms with Crippen LogP contribution in [0, 0.1) is 11.6 Å². The summed E-state index contributed by atoms with van der Waals surface area (Å²) < 4.78 is 26.4. The van der Waals surface area contributed by atoms with E-state index in [1.54, 1.807) is 0 Å². The predicted octanol–water partition coefficient (Wildman–Crippen LogP) is 3.30. The summed E-state index contributed by atoms with van der Waals surface area (Å²) in [4.78, 5) is 0. The van der Waals surface area contributed by atoms with E-state index in [0.717, 1.165) is 37.8 Å². The van der Waals surface area contributed by atoms with E-state index >= 15 is 0 Å². The lowest BCUT2D eigenvalue weighted by molar-refractivity contribution is 0.408. The molecule has 0 bridgehead atoms. The molecule has 17 heavy (non-hydrogen) atoms. The van der Waals surface area contributed by atoms with Crippen molar-refractivity contribution in [3.05, 3.63) is 28.8 Å². The van der Waals surface area contributed by atoms with Gasteiger partial charge >= 0.3 is 0 Å². The molecule has 0 radical (unpaired) electrons. The molecule has 1 aliphatic carbocycles. The SMILES string of the molecule is NC1CCCC(Nc2c(F)cc(F)cc2Cl)C1. The highest BCUT2D eigenvalue weighted by atomic mass is 35.5. The molecular formula is C12H15ClF2N2. The van der Waals surface area contributed by atoms with Crippen molar-refractivity contribution >= 4 is 17.3 Å². The molecule has 2 rings (SSSR count). The van der Waals surface area contributed by atoms with Gasteiger partial charge in [-0.25, -0.2) is 8.78 Å². The van der Waals surface area contributed by atoms with Crippen molar-refractivity contribution in [2.75, 3.05) is 5.32 Å². The quantitative estimate of drug-likeness (QED) is 0.856. The zero-order valence-electron chi connectivity index (χ0n) is 9.35. The average Bonchev–Trinajstić information content (AvgIpc) is 2.23. The topological polar surface area (TPSA) is 38.0 Å². The largest absolute Gasteiger partial charge is 0.379 e. The molecule has 0 saturated heterocycles. The van der Waals surface area contributed by atoms with Crippen molar-refractivity contribution in [2.45, 2.75) is 37.8 Å². The standard InChI is InChI=1S/C12H15ClF2N2/c13-10-4-7(14)5-11(15)12(10)17-9-3-1-2-8(16)6-9/h4-5,8-9,17H,1-3,6,16H2. The molecule has 0 aromatic heterocycles. The van der Waals surface area contributed by atoms with Crippen LogP contribution in [0.15, 0.2) is 12.1 Å². The van der Waals surface area contributed by atoms with Gasteiger partial charge in [-0.3, -0.25) is 0 Å². The van der Waals surface area contributed by atoms with Crippen LogP contribution in [0.2, 0.25) is 5.02 Å². The van der Waals surface area contributed by atoms with Crippen LogP contribution in [0.1, 0.15) is 25.7 Å². The molecule has 1 aromatic carbocycles. The van der Waals surface area contributed by atoms with Gasteiger partial charge in [-0.2, -0.15) is 0 Å². The lowest BCUT2D eigenvalue weighted by Gasteiger charge is -2.28. The van der Waals surface area contributed by atoms with E-state index < -0.39 is 11.6 Å². The summed E-state index contributed by atoms with van der Waals surface area (Å²) in [6.07, 6.45) is 3.73. The maximum absolute atomic E-state index is 13.5. The number of nitrogens with two attached hydrogens (primary N) is 1. The van der Waals surface area contributed by atoms with Gasteiger partial charge in [-0.1, -0.05) is 11.6 Å². The smallest absolute Gasteiger partial charge is 0.150 e. The number of halogens is 3. The number of hydrogen-bond acceptors (Lipinski definition) is 2. The minimum Gasteiger partial charge on any atom is -0.379 e. The summed E-state index contributed by atoms with van der Waals surface area (Å²) in [5.74, 6) is -1.33. The van der Waals surface area contributed by atoms with Gasteiger partial charge in [0.15, 0.2) is 5.82 Å². The summed E-state index contributed by atoms with van der Waals surface area (Å²) >= 11 is 5.82. The average molecular weight is 261 g/mol. The van der Waals surface area contributed by atoms with Crippen LogP contribution >= 0.6 is 11.6 Å². The van der Waals surface area contributed by atoms with Crippen LogP contribution < -0.4 is 11.1 Å². The van der Waals surface area contributed by atoms with Gasteiger partial charge in [0.25, 0.3) is 0 Å². The number of rotatable bonds is 2. The number of benzene rings is 1. The Morgan fingerprint density at radius 3 is 2.71 bits per heavy atom. The molecule has 2 atom stereocenters. The fourth-order valence-electron chi connectivity index (χ4n) is 2.24. The summed E-state index contributed by atoms with van der Waals surface area (Å²) in [6, 6.07) is 2.19. The second-order valence-corrected chi connectivity index (χ2v) is 4.92. The Morgan fingerprint density at radius 1 is 1.29 bits per heavy atom. The molecule has 1 saturated carbocycles. The first-order valence-electron chi connectivity index (χ1n) is 5.73. The molecule has 1 fully saturated rings. The Kier molecular flexibility index (Phi) is 3.84. The number of hydrogen-bond donors (Lipinski definition) is 2. The minimum atomic E-state index is -0.668. The van der Waals surface area contributed by atoms with E-state index in [2.05, 4.69) is 5.32 Å². The predicted molar refractivity (Wildman–Crippen MR) is 65.2 cm³/mol. The third kappa shape index (κ3) is 3.07. The van der Waals surface area contributed by atoms with Gasteiger partial charge in [0.1, 0.15) is 5.82 Å². The van der Waals surface area contributed by atoms with E-state index in [4.69, 9.17) is 17.3 Å². The zero-order valence-corrected chi connectivity index (χ0v) is 10.1. The van der Waals surface area contributed by atoms with Gasteiger partial charge in [-0.15, -0.1) is 0 Å². The second-order valence-electron chi connectivity index (χ2n) is 4.51. The van der Waals surface area contributed by atoms with E-state index in [0.29, 0.717) is 0 Å². The summed E-state index contributed by atoms with van der Waals surface area (Å²) in [7, 11) is 0. The molecule has 0 heterocycles. The van der Waals surface area contributed by atoms with Crippen LogP contribution in [-0.4, -0.2) is 12.1 Å². The fraction of sp³-hybridized carbons (Fsp3) is 0.500. The third-order valence-corrected chi connectivity index (χ3v) is 3.37. The van der Waals surface area contributed by atoms with Crippen LogP contribution in [0.4, 0.5) is 14.5 Å². The lowest BCUT2D eigenvalue weighted by atomic mass is 9.91. The molecule has 5 heteroatoms. The lowest BCUT2D eigenvalue weighted by Crippen LogP contribution is -2.35. The van der Waals surface area contributed by atoms with Crippen LogP contribution in [0.3, 0.4) is 0 Å². The molecule has 0 spiro atoms. The fourth-order valence-corrected chi connectivity index (χ4v) is 2.49. The van der Waals surface area contributed by atoms with E-state index in [9.17, 15) is 8.78 Å². The van der Waals surface area contributed by atoms with Gasteiger partial charge < -0.3 is 11.1 Å². The van der Waals surface area contributed by atoms with Crippen molar-refractivity contribution in [1.29, 1.82) is 0 Å². The van der Waals surface area contributed by atoms with Crippen LogP contribution in [0.25, 0.3) is 0 Å². The maximum atomic E-state index is 13.5. The third-order valence-electron chi connectivity index (χ3n) is 3.07. The Hall–Kier alpha value is -0.870. The molecule has 94 valence electrons. The van der Waals surface area contributed by atoms with E-state index in [1.807, 2.05) is 0 Å². The van der Waals surface area contributed by atoms with Crippen molar-refractivity contribution in [2.24, 2.45) is 5.73 Å². The molecule has 1 aliphatic rings. The molecule has 0 amide bonds. The molecule has 1 aromatic rings. The first-order chi connectivity index (χ1) is 8.06. The second kappa shape index (κ2) is 5.19. The molecule has 3 N–H and O–H groups in total. The van der Waals surface area contributed by atoms with Crippen molar-refractivity contribution in [3.8, 4) is 0 Å². The normalized spacial score (nSPS) is 24.7. The van der Waals surface area contributed by atoms with Gasteiger partial charge in [0, 0.05) is 18.2 Å². The van der Waals surface area contributed by atoms with Crippen LogP contribution in [-0.2, 0) is 0 Å². The first kappa shape index (κ1) is 12.6. The summed E-state index contributed by atoms with van der Waals surface area (Å²) in [5, 5.41) is 3.09. The Balaban J connectivity index is 2.12. The zero-order chi connectivity index (χ0) is 12.4. The van der Waals surface area contributed by atoms with Crippen molar-refractivity contribution in [3.63, 3.8) is 0 Å². The van der Waals surface area contributed by atoms with Gasteiger partial charge in [0.05, 0.1) is 10.7 Å². The summed E-state index contributed by atoms with van der Waals surface area (Å²) in [5.41, 5.74) is 6.03. The molecular weight excluding hydrogens is 246 g/mol. The monoisotopic (exact) mass is 260 g/mol. The highest BCUT2D eigenvalue weighted by molar-refractivity contribution is 6.33.